The van der Waals surface area contributed by atoms with Gasteiger partial charge in [0.1, 0.15) is 0 Å². The summed E-state index contributed by atoms with van der Waals surface area (Å²) in [5, 5.41) is 3.33. The van der Waals surface area contributed by atoms with Crippen LogP contribution in [0, 0.1) is 12.8 Å². The van der Waals surface area contributed by atoms with E-state index in [2.05, 4.69) is 19.2 Å². The van der Waals surface area contributed by atoms with Crippen molar-refractivity contribution in [3.8, 4) is 0 Å². The molecule has 0 aliphatic heterocycles. The third-order valence-electron chi connectivity index (χ3n) is 3.02. The Kier molecular flexibility index (Phi) is 5.85. The highest BCUT2D eigenvalue weighted by Gasteiger charge is 2.30. The highest BCUT2D eigenvalue weighted by Crippen LogP contribution is 2.30. The smallest absolute Gasteiger partial charge is 0.316 e. The Bertz CT molecular complexity index is 397. The molecule has 0 amide bonds. The zero-order chi connectivity index (χ0) is 14.5. The molecule has 0 saturated heterocycles. The lowest BCUT2D eigenvalue weighted by Crippen LogP contribution is -2.21. The van der Waals surface area contributed by atoms with Gasteiger partial charge in [0, 0.05) is 0 Å². The molecule has 4 heteroatoms. The first-order valence-corrected chi connectivity index (χ1v) is 6.68. The number of hydrogen-bond donors (Lipinski definition) is 1. The number of nitrogens with one attached hydrogen (secondary N) is 1. The van der Waals surface area contributed by atoms with E-state index in [9.17, 15) is 13.2 Å². The van der Waals surface area contributed by atoms with Crippen molar-refractivity contribution < 1.29 is 13.2 Å². The maximum atomic E-state index is 12.5. The molecule has 0 atom stereocenters. The maximum Gasteiger partial charge on any atom is 0.416 e. The van der Waals surface area contributed by atoms with Crippen LogP contribution in [0.2, 0.25) is 0 Å². The van der Waals surface area contributed by atoms with Crippen molar-refractivity contribution in [1.82, 2.24) is 5.32 Å². The summed E-state index contributed by atoms with van der Waals surface area (Å²) in [6.07, 6.45) is -2.49. The summed E-state index contributed by atoms with van der Waals surface area (Å²) in [6, 6.07) is 4.00. The highest BCUT2D eigenvalue weighted by atomic mass is 19.4. The first-order valence-electron chi connectivity index (χ1n) is 6.68. The van der Waals surface area contributed by atoms with Crippen LogP contribution in [0.1, 0.15) is 37.0 Å². The first kappa shape index (κ1) is 16.0. The van der Waals surface area contributed by atoms with Gasteiger partial charge in [-0.05, 0) is 62.0 Å². The van der Waals surface area contributed by atoms with Crippen LogP contribution in [0.5, 0.6) is 0 Å². The van der Waals surface area contributed by atoms with Gasteiger partial charge in [-0.2, -0.15) is 13.2 Å². The molecule has 108 valence electrons. The Morgan fingerprint density at radius 1 is 1.21 bits per heavy atom. The molecule has 1 rings (SSSR count). The average molecular weight is 273 g/mol. The predicted octanol–water partition coefficient (Wildman–Crippen LogP) is 4.19. The molecule has 0 spiro atoms. The molecular weight excluding hydrogens is 251 g/mol. The third kappa shape index (κ3) is 5.64. The summed E-state index contributed by atoms with van der Waals surface area (Å²) >= 11 is 0. The first-order chi connectivity index (χ1) is 8.80. The van der Waals surface area contributed by atoms with Crippen molar-refractivity contribution in [3.63, 3.8) is 0 Å². The molecule has 0 radical (unpaired) electrons. The van der Waals surface area contributed by atoms with Crippen LogP contribution >= 0.6 is 0 Å². The molecule has 0 heterocycles. The van der Waals surface area contributed by atoms with Gasteiger partial charge in [-0.3, -0.25) is 0 Å². The molecule has 1 N–H and O–H groups in total. The van der Waals surface area contributed by atoms with Gasteiger partial charge in [-0.15, -0.1) is 0 Å². The molecule has 19 heavy (non-hydrogen) atoms. The van der Waals surface area contributed by atoms with E-state index in [-0.39, 0.29) is 0 Å². The lowest BCUT2D eigenvalue weighted by molar-refractivity contribution is -0.137. The normalized spacial score (nSPS) is 12.2. The van der Waals surface area contributed by atoms with Crippen molar-refractivity contribution in [3.05, 3.63) is 34.9 Å². The van der Waals surface area contributed by atoms with Crippen molar-refractivity contribution in [1.29, 1.82) is 0 Å². The zero-order valence-electron chi connectivity index (χ0n) is 11.8. The number of benzene rings is 1. The number of halogens is 3. The van der Waals surface area contributed by atoms with Gasteiger partial charge in [0.2, 0.25) is 0 Å². The Morgan fingerprint density at radius 2 is 1.89 bits per heavy atom. The summed E-state index contributed by atoms with van der Waals surface area (Å²) in [6.45, 7) is 7.91. The van der Waals surface area contributed by atoms with Crippen LogP contribution in [-0.4, -0.2) is 13.1 Å². The van der Waals surface area contributed by atoms with Crippen molar-refractivity contribution in [2.24, 2.45) is 5.92 Å². The van der Waals surface area contributed by atoms with E-state index in [4.69, 9.17) is 0 Å². The molecule has 1 nitrogen and oxygen atoms in total. The Balaban J connectivity index is 2.47. The SMILES string of the molecule is Cc1cc(C(F)(F)F)ccc1CCCNCC(C)C. The molecular formula is C15H22F3N. The minimum absolute atomic E-state index is 0.563. The van der Waals surface area contributed by atoms with Crippen LogP contribution < -0.4 is 5.32 Å². The van der Waals surface area contributed by atoms with Crippen molar-refractivity contribution in [2.75, 3.05) is 13.1 Å². The van der Waals surface area contributed by atoms with E-state index in [1.54, 1.807) is 13.0 Å². The summed E-state index contributed by atoms with van der Waals surface area (Å²) in [5.41, 5.74) is 1.16. The number of alkyl halides is 3. The minimum Gasteiger partial charge on any atom is -0.316 e. The molecule has 1 aromatic carbocycles. The fraction of sp³-hybridized carbons (Fsp3) is 0.600. The van der Waals surface area contributed by atoms with Crippen LogP contribution in [-0.2, 0) is 12.6 Å². The van der Waals surface area contributed by atoms with Crippen molar-refractivity contribution >= 4 is 0 Å². The largest absolute Gasteiger partial charge is 0.416 e. The van der Waals surface area contributed by atoms with Crippen LogP contribution in [0.15, 0.2) is 18.2 Å². The number of hydrogen-bond acceptors (Lipinski definition) is 1. The number of rotatable bonds is 6. The standard InChI is InChI=1S/C15H22F3N/c1-11(2)10-19-8-4-5-13-6-7-14(9-12(13)3)15(16,17)18/h6-7,9,11,19H,4-5,8,10H2,1-3H3. The van der Waals surface area contributed by atoms with Crippen LogP contribution in [0.3, 0.4) is 0 Å². The Morgan fingerprint density at radius 3 is 2.42 bits per heavy atom. The predicted molar refractivity (Wildman–Crippen MR) is 72.2 cm³/mol. The van der Waals surface area contributed by atoms with Gasteiger partial charge >= 0.3 is 6.18 Å². The summed E-state index contributed by atoms with van der Waals surface area (Å²) < 4.78 is 37.6. The summed E-state index contributed by atoms with van der Waals surface area (Å²) in [5.74, 6) is 0.618. The summed E-state index contributed by atoms with van der Waals surface area (Å²) in [4.78, 5) is 0. The van der Waals surface area contributed by atoms with Crippen molar-refractivity contribution in [2.45, 2.75) is 39.8 Å². The quantitative estimate of drug-likeness (QED) is 0.766. The lowest BCUT2D eigenvalue weighted by Gasteiger charge is -2.11. The fourth-order valence-electron chi connectivity index (χ4n) is 1.95. The van der Waals surface area contributed by atoms with Gasteiger partial charge in [0.05, 0.1) is 5.56 Å². The second-order valence-electron chi connectivity index (χ2n) is 5.34. The van der Waals surface area contributed by atoms with E-state index < -0.39 is 11.7 Å². The average Bonchev–Trinajstić information content (AvgIpc) is 2.28. The van der Waals surface area contributed by atoms with Gasteiger partial charge in [-0.1, -0.05) is 19.9 Å². The highest BCUT2D eigenvalue weighted by molar-refractivity contribution is 5.32. The van der Waals surface area contributed by atoms with Gasteiger partial charge in [0.25, 0.3) is 0 Å². The van der Waals surface area contributed by atoms with Gasteiger partial charge in [-0.25, -0.2) is 0 Å². The molecule has 0 aliphatic carbocycles. The van der Waals surface area contributed by atoms with E-state index in [1.165, 1.54) is 12.1 Å². The fourth-order valence-corrected chi connectivity index (χ4v) is 1.95. The molecule has 0 aromatic heterocycles. The Labute approximate surface area is 113 Å². The maximum absolute atomic E-state index is 12.5. The minimum atomic E-state index is -4.25. The topological polar surface area (TPSA) is 12.0 Å². The van der Waals surface area contributed by atoms with E-state index in [0.29, 0.717) is 5.92 Å². The van der Waals surface area contributed by atoms with Gasteiger partial charge < -0.3 is 5.32 Å². The van der Waals surface area contributed by atoms with E-state index in [1.807, 2.05) is 0 Å². The molecule has 0 unspecified atom stereocenters. The summed E-state index contributed by atoms with van der Waals surface area (Å²) in [7, 11) is 0. The molecule has 0 bridgehead atoms. The van der Waals surface area contributed by atoms with E-state index >= 15 is 0 Å². The van der Waals surface area contributed by atoms with Gasteiger partial charge in [0.15, 0.2) is 0 Å². The Hall–Kier alpha value is -1.03. The zero-order valence-corrected chi connectivity index (χ0v) is 11.8. The monoisotopic (exact) mass is 273 g/mol. The molecule has 0 fully saturated rings. The van der Waals surface area contributed by atoms with E-state index in [0.717, 1.165) is 37.1 Å². The number of aryl methyl sites for hydroxylation is 2. The molecule has 0 aliphatic rings. The van der Waals surface area contributed by atoms with Crippen LogP contribution in [0.4, 0.5) is 13.2 Å². The lowest BCUT2D eigenvalue weighted by atomic mass is 10.0. The third-order valence-corrected chi connectivity index (χ3v) is 3.02. The van der Waals surface area contributed by atoms with Crippen LogP contribution in [0.25, 0.3) is 0 Å². The second-order valence-corrected chi connectivity index (χ2v) is 5.34. The molecule has 0 saturated carbocycles. The second kappa shape index (κ2) is 6.94. The molecule has 1 aromatic rings.